The number of hydrogen-bond donors (Lipinski definition) is 1. The average molecular weight is 445 g/mol. The summed E-state index contributed by atoms with van der Waals surface area (Å²) < 4.78 is 13.2. The van der Waals surface area contributed by atoms with Crippen molar-refractivity contribution in [1.82, 2.24) is 15.2 Å². The fourth-order valence-corrected chi connectivity index (χ4v) is 3.42. The third-order valence-electron chi connectivity index (χ3n) is 4.19. The van der Waals surface area contributed by atoms with Crippen LogP contribution in [0.1, 0.15) is 5.56 Å². The molecule has 0 fully saturated rings. The number of anilines is 1. The Morgan fingerprint density at radius 1 is 1.18 bits per heavy atom. The molecule has 3 aromatic rings. The summed E-state index contributed by atoms with van der Waals surface area (Å²) in [7, 11) is 5.05. The molecule has 0 aliphatic rings. The molecular weight excluding hydrogens is 424 g/mol. The largest absolute Gasteiger partial charge is 0.493 e. The lowest BCUT2D eigenvalue weighted by Gasteiger charge is -2.20. The van der Waals surface area contributed by atoms with Crippen LogP contribution < -0.4 is 19.9 Å². The lowest BCUT2D eigenvalue weighted by Crippen LogP contribution is -2.36. The Bertz CT molecular complexity index is 974. The fraction of sp³-hybridized carbons (Fsp3) is 0.200. The van der Waals surface area contributed by atoms with Gasteiger partial charge in [-0.05, 0) is 45.8 Å². The number of nitrogens with one attached hydrogen (secondary N) is 1. The first-order valence-corrected chi connectivity index (χ1v) is 9.33. The molecule has 0 spiro atoms. The van der Waals surface area contributed by atoms with Crippen LogP contribution in [0.4, 0.5) is 5.69 Å². The van der Waals surface area contributed by atoms with Gasteiger partial charge in [0.2, 0.25) is 6.41 Å². The SMILES string of the molecule is COc1ccc(CNN(C=O)c2cccc(-c3nn(C)cc3Br)c2)cc1OC. The molecule has 0 aliphatic carbocycles. The second kappa shape index (κ2) is 8.90. The van der Waals surface area contributed by atoms with E-state index >= 15 is 0 Å². The van der Waals surface area contributed by atoms with E-state index in [4.69, 9.17) is 9.47 Å². The zero-order valence-electron chi connectivity index (χ0n) is 15.8. The fourth-order valence-electron chi connectivity index (χ4n) is 2.81. The predicted octanol–water partition coefficient (Wildman–Crippen LogP) is 3.53. The number of rotatable bonds is 8. The minimum absolute atomic E-state index is 0.441. The van der Waals surface area contributed by atoms with Gasteiger partial charge in [0, 0.05) is 25.4 Å². The molecule has 0 saturated carbocycles. The van der Waals surface area contributed by atoms with E-state index in [-0.39, 0.29) is 0 Å². The number of aromatic nitrogens is 2. The Morgan fingerprint density at radius 3 is 2.61 bits per heavy atom. The lowest BCUT2D eigenvalue weighted by molar-refractivity contribution is -0.108. The Morgan fingerprint density at radius 2 is 1.96 bits per heavy atom. The number of benzene rings is 2. The average Bonchev–Trinajstić information content (AvgIpc) is 3.06. The van der Waals surface area contributed by atoms with Crippen molar-refractivity contribution in [3.8, 4) is 22.8 Å². The zero-order valence-corrected chi connectivity index (χ0v) is 17.4. The first kappa shape index (κ1) is 19.9. The second-order valence-electron chi connectivity index (χ2n) is 6.05. The Kier molecular flexibility index (Phi) is 6.33. The predicted molar refractivity (Wildman–Crippen MR) is 111 cm³/mol. The summed E-state index contributed by atoms with van der Waals surface area (Å²) >= 11 is 3.51. The highest BCUT2D eigenvalue weighted by Gasteiger charge is 2.12. The van der Waals surface area contributed by atoms with Crippen LogP contribution in [-0.2, 0) is 18.4 Å². The molecular formula is C20H21BrN4O3. The topological polar surface area (TPSA) is 68.6 Å². The third kappa shape index (κ3) is 4.35. The monoisotopic (exact) mass is 444 g/mol. The van der Waals surface area contributed by atoms with Crippen molar-refractivity contribution in [3.63, 3.8) is 0 Å². The summed E-state index contributed by atoms with van der Waals surface area (Å²) in [5, 5.41) is 5.89. The van der Waals surface area contributed by atoms with Crippen LogP contribution in [0, 0.1) is 0 Å². The highest BCUT2D eigenvalue weighted by molar-refractivity contribution is 9.10. The summed E-state index contributed by atoms with van der Waals surface area (Å²) in [4.78, 5) is 11.7. The number of halogens is 1. The summed E-state index contributed by atoms with van der Waals surface area (Å²) in [6.07, 6.45) is 2.63. The maximum atomic E-state index is 11.7. The molecule has 8 heteroatoms. The first-order valence-electron chi connectivity index (χ1n) is 8.54. The molecule has 3 rings (SSSR count). The van der Waals surface area contributed by atoms with E-state index in [1.807, 2.05) is 55.7 Å². The highest BCUT2D eigenvalue weighted by Crippen LogP contribution is 2.29. The minimum Gasteiger partial charge on any atom is -0.493 e. The van der Waals surface area contributed by atoms with Gasteiger partial charge in [-0.15, -0.1) is 0 Å². The van der Waals surface area contributed by atoms with Gasteiger partial charge in [-0.3, -0.25) is 9.48 Å². The van der Waals surface area contributed by atoms with Gasteiger partial charge in [0.15, 0.2) is 11.5 Å². The molecule has 0 radical (unpaired) electrons. The van der Waals surface area contributed by atoms with Crippen molar-refractivity contribution < 1.29 is 14.3 Å². The van der Waals surface area contributed by atoms with Gasteiger partial charge in [-0.1, -0.05) is 18.2 Å². The Labute approximate surface area is 172 Å². The molecule has 2 aromatic carbocycles. The summed E-state index contributed by atoms with van der Waals surface area (Å²) in [5.74, 6) is 1.30. The van der Waals surface area contributed by atoms with Gasteiger partial charge in [-0.2, -0.15) is 5.10 Å². The molecule has 1 heterocycles. The number of aryl methyl sites for hydroxylation is 1. The maximum absolute atomic E-state index is 11.7. The van der Waals surface area contributed by atoms with Gasteiger partial charge in [0.1, 0.15) is 5.69 Å². The van der Waals surface area contributed by atoms with Crippen molar-refractivity contribution in [1.29, 1.82) is 0 Å². The molecule has 28 heavy (non-hydrogen) atoms. The van der Waals surface area contributed by atoms with Gasteiger partial charge >= 0.3 is 0 Å². The zero-order chi connectivity index (χ0) is 20.1. The lowest BCUT2D eigenvalue weighted by atomic mass is 10.1. The van der Waals surface area contributed by atoms with Crippen LogP contribution in [0.15, 0.2) is 53.1 Å². The van der Waals surface area contributed by atoms with E-state index < -0.39 is 0 Å². The first-order chi connectivity index (χ1) is 13.5. The van der Waals surface area contributed by atoms with Gasteiger partial charge in [0.05, 0.1) is 24.4 Å². The molecule has 146 valence electrons. The van der Waals surface area contributed by atoms with Crippen molar-refractivity contribution >= 4 is 28.0 Å². The van der Waals surface area contributed by atoms with Crippen LogP contribution in [0.25, 0.3) is 11.3 Å². The number of hydrogen-bond acceptors (Lipinski definition) is 5. The Hall–Kier alpha value is -2.84. The van der Waals surface area contributed by atoms with Crippen LogP contribution >= 0.6 is 15.9 Å². The number of methoxy groups -OCH3 is 2. The van der Waals surface area contributed by atoms with E-state index in [0.717, 1.165) is 27.7 Å². The number of amides is 1. The number of carbonyl (C=O) groups is 1. The molecule has 0 atom stereocenters. The number of carbonyl (C=O) groups excluding carboxylic acids is 1. The standard InChI is InChI=1S/C20H21BrN4O3/c1-24-12-17(21)20(23-24)15-5-4-6-16(10-15)25(13-26)22-11-14-7-8-18(27-2)19(9-14)28-3/h4-10,12-13,22H,11H2,1-3H3. The normalized spacial score (nSPS) is 10.6. The van der Waals surface area contributed by atoms with Crippen LogP contribution in [0.2, 0.25) is 0 Å². The van der Waals surface area contributed by atoms with E-state index in [1.165, 1.54) is 5.01 Å². The smallest absolute Gasteiger partial charge is 0.228 e. The van der Waals surface area contributed by atoms with Gasteiger partial charge < -0.3 is 9.47 Å². The molecule has 7 nitrogen and oxygen atoms in total. The summed E-state index contributed by atoms with van der Waals surface area (Å²) in [6.45, 7) is 0.441. The van der Waals surface area contributed by atoms with Crippen molar-refractivity contribution in [3.05, 3.63) is 58.7 Å². The molecule has 0 unspecified atom stereocenters. The number of nitrogens with zero attached hydrogens (tertiary/aromatic N) is 3. The molecule has 0 aliphatic heterocycles. The number of ether oxygens (including phenoxy) is 2. The molecule has 1 aromatic heterocycles. The Balaban J connectivity index is 1.78. The molecule has 0 saturated heterocycles. The molecule has 1 N–H and O–H groups in total. The van der Waals surface area contributed by atoms with Gasteiger partial charge in [-0.25, -0.2) is 10.4 Å². The van der Waals surface area contributed by atoms with Crippen LogP contribution in [-0.4, -0.2) is 30.4 Å². The van der Waals surface area contributed by atoms with E-state index in [2.05, 4.69) is 26.5 Å². The van der Waals surface area contributed by atoms with E-state index in [1.54, 1.807) is 18.9 Å². The molecule has 0 bridgehead atoms. The van der Waals surface area contributed by atoms with Crippen molar-refractivity contribution in [2.24, 2.45) is 7.05 Å². The van der Waals surface area contributed by atoms with E-state index in [0.29, 0.717) is 23.7 Å². The van der Waals surface area contributed by atoms with Crippen molar-refractivity contribution in [2.75, 3.05) is 19.2 Å². The third-order valence-corrected chi connectivity index (χ3v) is 4.77. The van der Waals surface area contributed by atoms with E-state index in [9.17, 15) is 4.79 Å². The summed E-state index contributed by atoms with van der Waals surface area (Å²) in [6, 6.07) is 13.2. The maximum Gasteiger partial charge on any atom is 0.228 e. The number of hydrazine groups is 1. The highest BCUT2D eigenvalue weighted by atomic mass is 79.9. The van der Waals surface area contributed by atoms with Gasteiger partial charge in [0.25, 0.3) is 0 Å². The summed E-state index contributed by atoms with van der Waals surface area (Å²) in [5.41, 5.74) is 6.51. The molecule has 1 amide bonds. The quantitative estimate of drug-likeness (QED) is 0.425. The second-order valence-corrected chi connectivity index (χ2v) is 6.90. The van der Waals surface area contributed by atoms with Crippen LogP contribution in [0.5, 0.6) is 11.5 Å². The minimum atomic E-state index is 0.441. The van der Waals surface area contributed by atoms with Crippen LogP contribution in [0.3, 0.4) is 0 Å². The van der Waals surface area contributed by atoms with Crippen molar-refractivity contribution in [2.45, 2.75) is 6.54 Å².